The number of nitrogens with one attached hydrogen (secondary N) is 1. The van der Waals surface area contributed by atoms with Gasteiger partial charge < -0.3 is 14.8 Å². The first-order valence-electron chi connectivity index (χ1n) is 6.55. The van der Waals surface area contributed by atoms with Crippen molar-refractivity contribution in [2.45, 2.75) is 12.6 Å². The molecule has 4 heteroatoms. The Kier molecular flexibility index (Phi) is 3.81. The number of para-hydroxylation sites is 1. The molecule has 1 heterocycles. The standard InChI is InChI=1S/C16H16ClNO2/c1-19-16-7-6-11(8-13(16)17)9-18-14-10-20-15-5-3-2-4-12(14)15/h2-8,14,18H,9-10H2,1H3. The van der Waals surface area contributed by atoms with Crippen LogP contribution < -0.4 is 14.8 Å². The van der Waals surface area contributed by atoms with Crippen molar-refractivity contribution in [3.8, 4) is 11.5 Å². The molecule has 0 fully saturated rings. The van der Waals surface area contributed by atoms with E-state index in [0.29, 0.717) is 17.4 Å². The van der Waals surface area contributed by atoms with Crippen molar-refractivity contribution in [2.75, 3.05) is 13.7 Å². The van der Waals surface area contributed by atoms with Crippen molar-refractivity contribution >= 4 is 11.6 Å². The molecule has 0 saturated carbocycles. The van der Waals surface area contributed by atoms with Crippen molar-refractivity contribution in [3.63, 3.8) is 0 Å². The van der Waals surface area contributed by atoms with E-state index in [0.717, 1.165) is 17.9 Å². The molecule has 1 atom stereocenters. The van der Waals surface area contributed by atoms with Gasteiger partial charge in [0.25, 0.3) is 0 Å². The Morgan fingerprint density at radius 2 is 2.15 bits per heavy atom. The Labute approximate surface area is 123 Å². The molecular formula is C16H16ClNO2. The van der Waals surface area contributed by atoms with Gasteiger partial charge in [-0.2, -0.15) is 0 Å². The number of ether oxygens (including phenoxy) is 2. The Balaban J connectivity index is 1.67. The van der Waals surface area contributed by atoms with Gasteiger partial charge in [0.1, 0.15) is 18.1 Å². The highest BCUT2D eigenvalue weighted by atomic mass is 35.5. The van der Waals surface area contributed by atoms with Crippen LogP contribution in [-0.2, 0) is 6.54 Å². The fraction of sp³-hybridized carbons (Fsp3) is 0.250. The van der Waals surface area contributed by atoms with Gasteiger partial charge in [0.15, 0.2) is 0 Å². The van der Waals surface area contributed by atoms with Crippen molar-refractivity contribution < 1.29 is 9.47 Å². The van der Waals surface area contributed by atoms with Crippen molar-refractivity contribution in [1.82, 2.24) is 5.32 Å². The average molecular weight is 290 g/mol. The fourth-order valence-corrected chi connectivity index (χ4v) is 2.67. The van der Waals surface area contributed by atoms with Gasteiger partial charge in [0.05, 0.1) is 18.2 Å². The first-order valence-corrected chi connectivity index (χ1v) is 6.93. The maximum Gasteiger partial charge on any atom is 0.137 e. The smallest absolute Gasteiger partial charge is 0.137 e. The number of hydrogen-bond donors (Lipinski definition) is 1. The third kappa shape index (κ3) is 2.60. The van der Waals surface area contributed by atoms with E-state index >= 15 is 0 Å². The number of fused-ring (bicyclic) bond motifs is 1. The largest absolute Gasteiger partial charge is 0.495 e. The van der Waals surface area contributed by atoms with Crippen LogP contribution >= 0.6 is 11.6 Å². The molecule has 0 bridgehead atoms. The van der Waals surface area contributed by atoms with Crippen LogP contribution in [0.1, 0.15) is 17.2 Å². The van der Waals surface area contributed by atoms with Gasteiger partial charge >= 0.3 is 0 Å². The van der Waals surface area contributed by atoms with Gasteiger partial charge in [0, 0.05) is 12.1 Å². The molecule has 20 heavy (non-hydrogen) atoms. The number of benzene rings is 2. The molecule has 0 spiro atoms. The molecule has 1 aliphatic rings. The minimum absolute atomic E-state index is 0.229. The Morgan fingerprint density at radius 1 is 1.30 bits per heavy atom. The van der Waals surface area contributed by atoms with Gasteiger partial charge in [-0.25, -0.2) is 0 Å². The molecule has 2 aromatic rings. The van der Waals surface area contributed by atoms with Gasteiger partial charge in [0.2, 0.25) is 0 Å². The van der Waals surface area contributed by atoms with Crippen LogP contribution in [0.2, 0.25) is 5.02 Å². The van der Waals surface area contributed by atoms with Crippen LogP contribution in [0, 0.1) is 0 Å². The summed E-state index contributed by atoms with van der Waals surface area (Å²) in [4.78, 5) is 0. The van der Waals surface area contributed by atoms with E-state index in [4.69, 9.17) is 21.1 Å². The molecule has 0 amide bonds. The summed E-state index contributed by atoms with van der Waals surface area (Å²) in [6.45, 7) is 1.41. The lowest BCUT2D eigenvalue weighted by atomic mass is 10.1. The first-order chi connectivity index (χ1) is 9.78. The Hall–Kier alpha value is -1.71. The second kappa shape index (κ2) is 5.73. The molecule has 104 valence electrons. The SMILES string of the molecule is COc1ccc(CNC2COc3ccccc32)cc1Cl. The quantitative estimate of drug-likeness (QED) is 0.933. The molecular weight excluding hydrogens is 274 g/mol. The zero-order chi connectivity index (χ0) is 13.9. The normalized spacial score (nSPS) is 16.6. The van der Waals surface area contributed by atoms with Gasteiger partial charge in [-0.1, -0.05) is 35.9 Å². The highest BCUT2D eigenvalue weighted by molar-refractivity contribution is 6.32. The third-order valence-corrected chi connectivity index (χ3v) is 3.76. The van der Waals surface area contributed by atoms with E-state index in [1.54, 1.807) is 7.11 Å². The number of halogens is 1. The maximum atomic E-state index is 6.13. The van der Waals surface area contributed by atoms with Crippen molar-refractivity contribution in [1.29, 1.82) is 0 Å². The molecule has 3 nitrogen and oxygen atoms in total. The second-order valence-corrected chi connectivity index (χ2v) is 5.16. The summed E-state index contributed by atoms with van der Waals surface area (Å²) >= 11 is 6.13. The van der Waals surface area contributed by atoms with Crippen molar-refractivity contribution in [2.24, 2.45) is 0 Å². The Bertz CT molecular complexity index is 615. The molecule has 0 aromatic heterocycles. The summed E-state index contributed by atoms with van der Waals surface area (Å²) in [7, 11) is 1.62. The molecule has 1 aliphatic heterocycles. The fourth-order valence-electron chi connectivity index (χ4n) is 2.39. The van der Waals surface area contributed by atoms with E-state index in [1.165, 1.54) is 5.56 Å². The van der Waals surface area contributed by atoms with Crippen molar-refractivity contribution in [3.05, 3.63) is 58.6 Å². The van der Waals surface area contributed by atoms with Crippen LogP contribution in [-0.4, -0.2) is 13.7 Å². The van der Waals surface area contributed by atoms with Gasteiger partial charge in [-0.3, -0.25) is 0 Å². The molecule has 1 N–H and O–H groups in total. The van der Waals surface area contributed by atoms with Crippen LogP contribution in [0.15, 0.2) is 42.5 Å². The molecule has 2 aromatic carbocycles. The maximum absolute atomic E-state index is 6.13. The molecule has 0 radical (unpaired) electrons. The minimum Gasteiger partial charge on any atom is -0.495 e. The summed E-state index contributed by atoms with van der Waals surface area (Å²) in [5.41, 5.74) is 2.34. The van der Waals surface area contributed by atoms with E-state index in [-0.39, 0.29) is 6.04 Å². The summed E-state index contributed by atoms with van der Waals surface area (Å²) in [5, 5.41) is 4.13. The highest BCUT2D eigenvalue weighted by Gasteiger charge is 2.22. The van der Waals surface area contributed by atoms with Gasteiger partial charge in [-0.15, -0.1) is 0 Å². The second-order valence-electron chi connectivity index (χ2n) is 4.75. The van der Waals surface area contributed by atoms with Crippen LogP contribution in [0.4, 0.5) is 0 Å². The minimum atomic E-state index is 0.229. The molecule has 1 unspecified atom stereocenters. The average Bonchev–Trinajstić information content (AvgIpc) is 2.88. The lowest BCUT2D eigenvalue weighted by molar-refractivity contribution is 0.310. The van der Waals surface area contributed by atoms with Crippen LogP contribution in [0.25, 0.3) is 0 Å². The lowest BCUT2D eigenvalue weighted by Crippen LogP contribution is -2.21. The lowest BCUT2D eigenvalue weighted by Gasteiger charge is -2.12. The predicted molar refractivity (Wildman–Crippen MR) is 79.5 cm³/mol. The summed E-state index contributed by atoms with van der Waals surface area (Å²) in [5.74, 6) is 1.67. The Morgan fingerprint density at radius 3 is 2.95 bits per heavy atom. The topological polar surface area (TPSA) is 30.5 Å². The number of hydrogen-bond acceptors (Lipinski definition) is 3. The van der Waals surface area contributed by atoms with E-state index in [2.05, 4.69) is 11.4 Å². The van der Waals surface area contributed by atoms with E-state index in [1.807, 2.05) is 36.4 Å². The number of methoxy groups -OCH3 is 1. The first kappa shape index (κ1) is 13.3. The van der Waals surface area contributed by atoms with Crippen LogP contribution in [0.5, 0.6) is 11.5 Å². The molecule has 0 aliphatic carbocycles. The van der Waals surface area contributed by atoms with Gasteiger partial charge in [-0.05, 0) is 23.8 Å². The third-order valence-electron chi connectivity index (χ3n) is 3.47. The monoisotopic (exact) mass is 289 g/mol. The molecule has 3 rings (SSSR count). The molecule has 0 saturated heterocycles. The summed E-state index contributed by atoms with van der Waals surface area (Å²) < 4.78 is 10.8. The zero-order valence-electron chi connectivity index (χ0n) is 11.2. The highest BCUT2D eigenvalue weighted by Crippen LogP contribution is 2.32. The van der Waals surface area contributed by atoms with E-state index < -0.39 is 0 Å². The summed E-state index contributed by atoms with van der Waals surface area (Å²) in [6, 6.07) is 14.2. The number of rotatable bonds is 4. The predicted octanol–water partition coefficient (Wildman–Crippen LogP) is 3.57. The van der Waals surface area contributed by atoms with Crippen LogP contribution in [0.3, 0.4) is 0 Å². The van der Waals surface area contributed by atoms with E-state index in [9.17, 15) is 0 Å². The zero-order valence-corrected chi connectivity index (χ0v) is 12.0. The summed E-state index contributed by atoms with van der Waals surface area (Å²) in [6.07, 6.45) is 0.